The number of nitrogens with two attached hydrogens (primary N) is 1. The van der Waals surface area contributed by atoms with Crippen molar-refractivity contribution >= 4 is 0 Å². The fourth-order valence-corrected chi connectivity index (χ4v) is 1.36. The Morgan fingerprint density at radius 3 is 2.18 bits per heavy atom. The molecule has 0 aliphatic carbocycles. The molecular formula is C9H21NO. The molecule has 0 aliphatic heterocycles. The van der Waals surface area contributed by atoms with Gasteiger partial charge in [0, 0.05) is 0 Å². The minimum absolute atomic E-state index is 0.206. The maximum absolute atomic E-state index is 9.49. The molecule has 2 nitrogen and oxygen atoms in total. The van der Waals surface area contributed by atoms with Crippen molar-refractivity contribution in [3.8, 4) is 0 Å². The first-order valence-electron chi connectivity index (χ1n) is 4.46. The van der Waals surface area contributed by atoms with E-state index in [2.05, 4.69) is 20.8 Å². The highest BCUT2D eigenvalue weighted by molar-refractivity contribution is 4.66. The molecule has 0 heterocycles. The molecule has 0 aromatic heterocycles. The highest BCUT2D eigenvalue weighted by Gasteiger charge is 2.13. The first-order valence-corrected chi connectivity index (χ1v) is 4.46. The Bertz CT molecular complexity index is 93.6. The molecule has 68 valence electrons. The third kappa shape index (κ3) is 5.22. The summed E-state index contributed by atoms with van der Waals surface area (Å²) in [6.45, 7) is 7.02. The van der Waals surface area contributed by atoms with Crippen LogP contribution in [-0.2, 0) is 0 Å². The molecule has 0 rings (SSSR count). The Morgan fingerprint density at radius 1 is 1.27 bits per heavy atom. The molecule has 3 N–H and O–H groups in total. The number of aliphatic hydroxyl groups is 1. The van der Waals surface area contributed by atoms with Gasteiger partial charge in [0.25, 0.3) is 0 Å². The topological polar surface area (TPSA) is 46.2 Å². The summed E-state index contributed by atoms with van der Waals surface area (Å²) < 4.78 is 0. The molecule has 0 saturated heterocycles. The molecule has 0 bridgehead atoms. The van der Waals surface area contributed by atoms with Crippen LogP contribution in [0.25, 0.3) is 0 Å². The van der Waals surface area contributed by atoms with Gasteiger partial charge in [-0.1, -0.05) is 20.8 Å². The van der Waals surface area contributed by atoms with Crippen molar-refractivity contribution in [1.82, 2.24) is 0 Å². The molecule has 11 heavy (non-hydrogen) atoms. The Kier molecular flexibility index (Phi) is 5.51. The van der Waals surface area contributed by atoms with Gasteiger partial charge in [-0.25, -0.2) is 0 Å². The van der Waals surface area contributed by atoms with E-state index in [0.29, 0.717) is 18.4 Å². The highest BCUT2D eigenvalue weighted by Crippen LogP contribution is 2.16. The van der Waals surface area contributed by atoms with Crippen LogP contribution in [0, 0.1) is 11.8 Å². The van der Waals surface area contributed by atoms with E-state index in [9.17, 15) is 5.11 Å². The standard InChI is InChI=1S/C9H21NO/c1-7(2)6-8(3)9(11)4-5-10/h7-9,11H,4-6,10H2,1-3H3. The van der Waals surface area contributed by atoms with Gasteiger partial charge < -0.3 is 10.8 Å². The zero-order chi connectivity index (χ0) is 8.85. The van der Waals surface area contributed by atoms with E-state index in [0.717, 1.165) is 12.8 Å². The summed E-state index contributed by atoms with van der Waals surface area (Å²) in [7, 11) is 0. The van der Waals surface area contributed by atoms with Gasteiger partial charge >= 0.3 is 0 Å². The molecule has 2 atom stereocenters. The number of hydrogen-bond donors (Lipinski definition) is 2. The van der Waals surface area contributed by atoms with Gasteiger partial charge in [0.1, 0.15) is 0 Å². The molecule has 0 saturated carbocycles. The summed E-state index contributed by atoms with van der Waals surface area (Å²) in [4.78, 5) is 0. The van der Waals surface area contributed by atoms with Crippen molar-refractivity contribution in [3.05, 3.63) is 0 Å². The third-order valence-corrected chi connectivity index (χ3v) is 1.96. The molecule has 0 aromatic rings. The van der Waals surface area contributed by atoms with Gasteiger partial charge in [-0.3, -0.25) is 0 Å². The van der Waals surface area contributed by atoms with E-state index in [-0.39, 0.29) is 6.10 Å². The highest BCUT2D eigenvalue weighted by atomic mass is 16.3. The molecule has 0 amide bonds. The predicted molar refractivity (Wildman–Crippen MR) is 48.3 cm³/mol. The second kappa shape index (κ2) is 5.56. The van der Waals surface area contributed by atoms with Gasteiger partial charge in [-0.2, -0.15) is 0 Å². The lowest BCUT2D eigenvalue weighted by Crippen LogP contribution is -2.22. The monoisotopic (exact) mass is 159 g/mol. The maximum Gasteiger partial charge on any atom is 0.0577 e. The van der Waals surface area contributed by atoms with Crippen molar-refractivity contribution in [2.75, 3.05) is 6.54 Å². The first-order chi connectivity index (χ1) is 5.07. The van der Waals surface area contributed by atoms with E-state index in [1.807, 2.05) is 0 Å². The van der Waals surface area contributed by atoms with Crippen LogP contribution in [0.3, 0.4) is 0 Å². The number of rotatable bonds is 5. The van der Waals surface area contributed by atoms with Crippen LogP contribution in [0.1, 0.15) is 33.6 Å². The van der Waals surface area contributed by atoms with E-state index in [1.54, 1.807) is 0 Å². The average molecular weight is 159 g/mol. The zero-order valence-electron chi connectivity index (χ0n) is 7.88. The lowest BCUT2D eigenvalue weighted by atomic mass is 9.92. The average Bonchev–Trinajstić information content (AvgIpc) is 1.86. The summed E-state index contributed by atoms with van der Waals surface area (Å²) in [6.07, 6.45) is 1.61. The Hall–Kier alpha value is -0.0800. The molecule has 0 spiro atoms. The second-order valence-electron chi connectivity index (χ2n) is 3.75. The molecule has 0 aliphatic rings. The van der Waals surface area contributed by atoms with E-state index in [1.165, 1.54) is 0 Å². The molecule has 0 aromatic carbocycles. The van der Waals surface area contributed by atoms with Crippen LogP contribution >= 0.6 is 0 Å². The second-order valence-corrected chi connectivity index (χ2v) is 3.75. The van der Waals surface area contributed by atoms with Crippen molar-refractivity contribution in [2.45, 2.75) is 39.7 Å². The third-order valence-electron chi connectivity index (χ3n) is 1.96. The zero-order valence-corrected chi connectivity index (χ0v) is 7.88. The van der Waals surface area contributed by atoms with Crippen molar-refractivity contribution < 1.29 is 5.11 Å². The van der Waals surface area contributed by atoms with Crippen molar-refractivity contribution in [2.24, 2.45) is 17.6 Å². The summed E-state index contributed by atoms with van der Waals surface area (Å²) >= 11 is 0. The summed E-state index contributed by atoms with van der Waals surface area (Å²) in [5, 5.41) is 9.49. The number of aliphatic hydroxyl groups excluding tert-OH is 1. The number of hydrogen-bond acceptors (Lipinski definition) is 2. The van der Waals surface area contributed by atoms with Gasteiger partial charge in [0.2, 0.25) is 0 Å². The molecule has 2 unspecified atom stereocenters. The van der Waals surface area contributed by atoms with Gasteiger partial charge in [0.15, 0.2) is 0 Å². The van der Waals surface area contributed by atoms with Gasteiger partial charge in [0.05, 0.1) is 6.10 Å². The SMILES string of the molecule is CC(C)CC(C)C(O)CCN. The Labute approximate surface area is 69.8 Å². The minimum atomic E-state index is -0.206. The summed E-state index contributed by atoms with van der Waals surface area (Å²) in [5.74, 6) is 1.05. The normalized spacial score (nSPS) is 16.9. The summed E-state index contributed by atoms with van der Waals surface area (Å²) in [5.41, 5.74) is 5.34. The lowest BCUT2D eigenvalue weighted by Gasteiger charge is -2.19. The van der Waals surface area contributed by atoms with Crippen LogP contribution < -0.4 is 5.73 Å². The Morgan fingerprint density at radius 2 is 1.82 bits per heavy atom. The van der Waals surface area contributed by atoms with E-state index >= 15 is 0 Å². The minimum Gasteiger partial charge on any atom is -0.393 e. The van der Waals surface area contributed by atoms with E-state index < -0.39 is 0 Å². The van der Waals surface area contributed by atoms with Crippen LogP contribution in [0.2, 0.25) is 0 Å². The summed E-state index contributed by atoms with van der Waals surface area (Å²) in [6, 6.07) is 0. The molecule has 0 fully saturated rings. The smallest absolute Gasteiger partial charge is 0.0577 e. The van der Waals surface area contributed by atoms with Crippen molar-refractivity contribution in [3.63, 3.8) is 0 Å². The fourth-order valence-electron chi connectivity index (χ4n) is 1.36. The van der Waals surface area contributed by atoms with Crippen LogP contribution in [0.5, 0.6) is 0 Å². The molecule has 2 heteroatoms. The van der Waals surface area contributed by atoms with Crippen molar-refractivity contribution in [1.29, 1.82) is 0 Å². The predicted octanol–water partition coefficient (Wildman–Crippen LogP) is 1.38. The largest absolute Gasteiger partial charge is 0.393 e. The lowest BCUT2D eigenvalue weighted by molar-refractivity contribution is 0.0984. The van der Waals surface area contributed by atoms with Crippen LogP contribution in [0.15, 0.2) is 0 Å². The van der Waals surface area contributed by atoms with Gasteiger partial charge in [-0.15, -0.1) is 0 Å². The fraction of sp³-hybridized carbons (Fsp3) is 1.00. The quantitative estimate of drug-likeness (QED) is 0.636. The Balaban J connectivity index is 3.54. The maximum atomic E-state index is 9.49. The first kappa shape index (κ1) is 10.9. The molecule has 0 radical (unpaired) electrons. The molecular weight excluding hydrogens is 138 g/mol. The van der Waals surface area contributed by atoms with Crippen LogP contribution in [-0.4, -0.2) is 17.8 Å². The van der Waals surface area contributed by atoms with E-state index in [4.69, 9.17) is 5.73 Å². The van der Waals surface area contributed by atoms with Gasteiger partial charge in [-0.05, 0) is 31.2 Å². The van der Waals surface area contributed by atoms with Crippen LogP contribution in [0.4, 0.5) is 0 Å².